The van der Waals surface area contributed by atoms with E-state index < -0.39 is 5.54 Å². The maximum absolute atomic E-state index is 12.3. The van der Waals surface area contributed by atoms with Crippen LogP contribution in [-0.4, -0.2) is 63.4 Å². The number of carbonyl (C=O) groups is 1. The Morgan fingerprint density at radius 1 is 1.37 bits per heavy atom. The Morgan fingerprint density at radius 3 is 2.47 bits per heavy atom. The van der Waals surface area contributed by atoms with Crippen LogP contribution in [0, 0.1) is 0 Å². The SMILES string of the molecule is CCOC(=O)C1(NCCN(C)C)CCC(OC)CC1. The topological polar surface area (TPSA) is 50.8 Å². The monoisotopic (exact) mass is 272 g/mol. The van der Waals surface area contributed by atoms with Crippen molar-refractivity contribution in [3.05, 3.63) is 0 Å². The van der Waals surface area contributed by atoms with Crippen molar-refractivity contribution in [2.45, 2.75) is 44.2 Å². The van der Waals surface area contributed by atoms with E-state index in [-0.39, 0.29) is 12.1 Å². The number of likely N-dealkylation sites (N-methyl/N-ethyl adjacent to an activating group) is 1. The predicted octanol–water partition coefficient (Wildman–Crippen LogP) is 1.03. The summed E-state index contributed by atoms with van der Waals surface area (Å²) in [5, 5.41) is 3.42. The van der Waals surface area contributed by atoms with Gasteiger partial charge in [0.15, 0.2) is 0 Å². The lowest BCUT2D eigenvalue weighted by molar-refractivity contribution is -0.154. The molecule has 0 heterocycles. The lowest BCUT2D eigenvalue weighted by Gasteiger charge is -2.38. The van der Waals surface area contributed by atoms with Gasteiger partial charge in [-0.2, -0.15) is 0 Å². The highest BCUT2D eigenvalue weighted by Gasteiger charge is 2.42. The molecule has 0 unspecified atom stereocenters. The Labute approximate surface area is 116 Å². The van der Waals surface area contributed by atoms with Gasteiger partial charge < -0.3 is 19.7 Å². The molecule has 5 nitrogen and oxygen atoms in total. The molecule has 0 saturated heterocycles. The molecule has 1 aliphatic rings. The van der Waals surface area contributed by atoms with Crippen LogP contribution in [0.2, 0.25) is 0 Å². The molecule has 1 saturated carbocycles. The van der Waals surface area contributed by atoms with Crippen LogP contribution in [0.3, 0.4) is 0 Å². The number of nitrogens with zero attached hydrogens (tertiary/aromatic N) is 1. The minimum absolute atomic E-state index is 0.108. The molecule has 0 atom stereocenters. The van der Waals surface area contributed by atoms with Crippen LogP contribution in [0.1, 0.15) is 32.6 Å². The fraction of sp³-hybridized carbons (Fsp3) is 0.929. The van der Waals surface area contributed by atoms with Gasteiger partial charge in [0.25, 0.3) is 0 Å². The van der Waals surface area contributed by atoms with Gasteiger partial charge in [-0.05, 0) is 46.7 Å². The summed E-state index contributed by atoms with van der Waals surface area (Å²) in [6, 6.07) is 0. The van der Waals surface area contributed by atoms with Gasteiger partial charge in [-0.15, -0.1) is 0 Å². The van der Waals surface area contributed by atoms with Crippen molar-refractivity contribution >= 4 is 5.97 Å². The molecule has 1 aliphatic carbocycles. The Hall–Kier alpha value is -0.650. The van der Waals surface area contributed by atoms with E-state index in [1.54, 1.807) is 7.11 Å². The predicted molar refractivity (Wildman–Crippen MR) is 75.2 cm³/mol. The summed E-state index contributed by atoms with van der Waals surface area (Å²) in [6.07, 6.45) is 3.67. The first-order valence-electron chi connectivity index (χ1n) is 7.14. The third-order valence-electron chi connectivity index (χ3n) is 3.81. The van der Waals surface area contributed by atoms with Crippen molar-refractivity contribution < 1.29 is 14.3 Å². The molecule has 1 fully saturated rings. The van der Waals surface area contributed by atoms with E-state index in [9.17, 15) is 4.79 Å². The second kappa shape index (κ2) is 7.82. The van der Waals surface area contributed by atoms with Gasteiger partial charge in [0, 0.05) is 20.2 Å². The molecule has 0 radical (unpaired) electrons. The zero-order chi connectivity index (χ0) is 14.3. The number of methoxy groups -OCH3 is 1. The first kappa shape index (κ1) is 16.4. The summed E-state index contributed by atoms with van der Waals surface area (Å²) in [4.78, 5) is 14.4. The lowest BCUT2D eigenvalue weighted by atomic mass is 9.80. The molecule has 0 aromatic heterocycles. The maximum atomic E-state index is 12.3. The van der Waals surface area contributed by atoms with Crippen molar-refractivity contribution in [3.8, 4) is 0 Å². The minimum Gasteiger partial charge on any atom is -0.465 e. The second-order valence-electron chi connectivity index (χ2n) is 5.47. The van der Waals surface area contributed by atoms with Gasteiger partial charge in [0.2, 0.25) is 0 Å². The Bertz CT molecular complexity index is 274. The standard InChI is InChI=1S/C14H28N2O3/c1-5-19-13(17)14(15-10-11-16(2)3)8-6-12(18-4)7-9-14/h12,15H,5-11H2,1-4H3. The summed E-state index contributed by atoms with van der Waals surface area (Å²) in [6.45, 7) is 3.99. The number of carbonyl (C=O) groups excluding carboxylic acids is 1. The van der Waals surface area contributed by atoms with E-state index in [0.29, 0.717) is 6.61 Å². The van der Waals surface area contributed by atoms with Crippen molar-refractivity contribution in [2.75, 3.05) is 40.9 Å². The van der Waals surface area contributed by atoms with Gasteiger partial charge in [-0.1, -0.05) is 0 Å². The molecule has 0 spiro atoms. The molecule has 0 aromatic rings. The molecule has 0 amide bonds. The third-order valence-corrected chi connectivity index (χ3v) is 3.81. The van der Waals surface area contributed by atoms with Crippen molar-refractivity contribution in [1.82, 2.24) is 10.2 Å². The first-order valence-corrected chi connectivity index (χ1v) is 7.14. The van der Waals surface area contributed by atoms with E-state index in [1.807, 2.05) is 21.0 Å². The number of nitrogens with one attached hydrogen (secondary N) is 1. The molecule has 1 N–H and O–H groups in total. The van der Waals surface area contributed by atoms with Gasteiger partial charge >= 0.3 is 5.97 Å². The van der Waals surface area contributed by atoms with Crippen molar-refractivity contribution in [2.24, 2.45) is 0 Å². The molecule has 1 rings (SSSR count). The Kier molecular flexibility index (Phi) is 6.75. The number of esters is 1. The van der Waals surface area contributed by atoms with Crippen LogP contribution < -0.4 is 5.32 Å². The normalized spacial score (nSPS) is 27.5. The summed E-state index contributed by atoms with van der Waals surface area (Å²) in [5.74, 6) is -0.108. The molecule has 5 heteroatoms. The fourth-order valence-corrected chi connectivity index (χ4v) is 2.56. The smallest absolute Gasteiger partial charge is 0.326 e. The largest absolute Gasteiger partial charge is 0.465 e. The molecule has 0 aliphatic heterocycles. The highest BCUT2D eigenvalue weighted by atomic mass is 16.5. The summed E-state index contributed by atoms with van der Waals surface area (Å²) >= 11 is 0. The Balaban J connectivity index is 2.60. The van der Waals surface area contributed by atoms with E-state index in [0.717, 1.165) is 38.8 Å². The number of hydrogen-bond donors (Lipinski definition) is 1. The lowest BCUT2D eigenvalue weighted by Crippen LogP contribution is -2.56. The summed E-state index contributed by atoms with van der Waals surface area (Å²) in [5.41, 5.74) is -0.513. The van der Waals surface area contributed by atoms with Crippen LogP contribution in [0.4, 0.5) is 0 Å². The van der Waals surface area contributed by atoms with E-state index in [1.165, 1.54) is 0 Å². The van der Waals surface area contributed by atoms with E-state index >= 15 is 0 Å². The Morgan fingerprint density at radius 2 is 2.00 bits per heavy atom. The molecule has 19 heavy (non-hydrogen) atoms. The van der Waals surface area contributed by atoms with Gasteiger partial charge in [0.05, 0.1) is 12.7 Å². The average Bonchev–Trinajstić information content (AvgIpc) is 2.39. The highest BCUT2D eigenvalue weighted by molar-refractivity contribution is 5.81. The average molecular weight is 272 g/mol. The molecular weight excluding hydrogens is 244 g/mol. The zero-order valence-electron chi connectivity index (χ0n) is 12.7. The molecular formula is C14H28N2O3. The van der Waals surface area contributed by atoms with Crippen LogP contribution in [0.5, 0.6) is 0 Å². The maximum Gasteiger partial charge on any atom is 0.326 e. The van der Waals surface area contributed by atoms with Gasteiger partial charge in [0.1, 0.15) is 5.54 Å². The van der Waals surface area contributed by atoms with Crippen LogP contribution >= 0.6 is 0 Å². The molecule has 0 aromatic carbocycles. The second-order valence-corrected chi connectivity index (χ2v) is 5.47. The van der Waals surface area contributed by atoms with E-state index in [2.05, 4.69) is 10.2 Å². The number of ether oxygens (including phenoxy) is 2. The summed E-state index contributed by atoms with van der Waals surface area (Å²) < 4.78 is 10.6. The quantitative estimate of drug-likeness (QED) is 0.702. The minimum atomic E-state index is -0.513. The highest BCUT2D eigenvalue weighted by Crippen LogP contribution is 2.31. The van der Waals surface area contributed by atoms with Crippen LogP contribution in [0.25, 0.3) is 0 Å². The number of rotatable bonds is 7. The molecule has 112 valence electrons. The first-order chi connectivity index (χ1) is 9.04. The number of hydrogen-bond acceptors (Lipinski definition) is 5. The zero-order valence-corrected chi connectivity index (χ0v) is 12.7. The van der Waals surface area contributed by atoms with Gasteiger partial charge in [-0.3, -0.25) is 4.79 Å². The summed E-state index contributed by atoms with van der Waals surface area (Å²) in [7, 11) is 5.79. The van der Waals surface area contributed by atoms with Crippen LogP contribution in [-0.2, 0) is 14.3 Å². The van der Waals surface area contributed by atoms with Crippen molar-refractivity contribution in [1.29, 1.82) is 0 Å². The van der Waals surface area contributed by atoms with E-state index in [4.69, 9.17) is 9.47 Å². The third kappa shape index (κ3) is 4.75. The fourth-order valence-electron chi connectivity index (χ4n) is 2.56. The van der Waals surface area contributed by atoms with Crippen LogP contribution in [0.15, 0.2) is 0 Å². The van der Waals surface area contributed by atoms with Gasteiger partial charge in [-0.25, -0.2) is 0 Å². The molecule has 0 bridgehead atoms. The van der Waals surface area contributed by atoms with Crippen molar-refractivity contribution in [3.63, 3.8) is 0 Å².